The summed E-state index contributed by atoms with van der Waals surface area (Å²) in [5.41, 5.74) is 1.60. The fourth-order valence-corrected chi connectivity index (χ4v) is 8.21. The molecule has 1 aliphatic carbocycles. The summed E-state index contributed by atoms with van der Waals surface area (Å²) in [4.78, 5) is 81.6. The van der Waals surface area contributed by atoms with E-state index in [4.69, 9.17) is 4.74 Å². The van der Waals surface area contributed by atoms with Crippen LogP contribution in [0, 0.1) is 11.7 Å². The molecule has 16 heteroatoms. The number of carbonyl (C=O) groups is 6. The first kappa shape index (κ1) is 33.4. The van der Waals surface area contributed by atoms with Crippen LogP contribution in [-0.2, 0) is 30.3 Å². The summed E-state index contributed by atoms with van der Waals surface area (Å²) < 4.78 is 20.9. The van der Waals surface area contributed by atoms with E-state index in [0.29, 0.717) is 5.69 Å². The van der Waals surface area contributed by atoms with E-state index in [2.05, 4.69) is 5.32 Å². The number of ketones is 1. The highest BCUT2D eigenvalue weighted by atomic mass is 32.2. The van der Waals surface area contributed by atoms with E-state index in [1.54, 1.807) is 35.2 Å². The van der Waals surface area contributed by atoms with Gasteiger partial charge in [-0.15, -0.1) is 11.8 Å². The van der Waals surface area contributed by atoms with Gasteiger partial charge in [0, 0.05) is 55.7 Å². The predicted octanol–water partition coefficient (Wildman–Crippen LogP) is 1.93. The quantitative estimate of drug-likeness (QED) is 0.255. The number of halogens is 1. The fraction of sp³-hybridized carbons (Fsp3) is 0.412. The maximum atomic E-state index is 15.4. The van der Waals surface area contributed by atoms with Gasteiger partial charge in [-0.2, -0.15) is 0 Å². The number of benzene rings is 2. The van der Waals surface area contributed by atoms with Crippen LogP contribution < -0.4 is 15.1 Å². The van der Waals surface area contributed by atoms with Crippen molar-refractivity contribution in [2.75, 3.05) is 54.9 Å². The van der Waals surface area contributed by atoms with Crippen LogP contribution in [0.5, 0.6) is 0 Å². The van der Waals surface area contributed by atoms with Crippen LogP contribution in [0.25, 0.3) is 0 Å². The van der Waals surface area contributed by atoms with Gasteiger partial charge in [0.1, 0.15) is 35.5 Å². The summed E-state index contributed by atoms with van der Waals surface area (Å²) in [7, 11) is 0. The number of piperazine rings is 1. The topological polar surface area (TPSA) is 177 Å². The van der Waals surface area contributed by atoms with Gasteiger partial charge in [-0.3, -0.25) is 24.1 Å². The lowest BCUT2D eigenvalue weighted by molar-refractivity contribution is -0.150. The molecule has 2 aromatic rings. The number of hydrogen-bond donors (Lipinski definition) is 3. The molecule has 0 aromatic heterocycles. The smallest absolute Gasteiger partial charge is 0.410 e. The summed E-state index contributed by atoms with van der Waals surface area (Å²) in [6, 6.07) is 11.0. The van der Waals surface area contributed by atoms with Crippen molar-refractivity contribution >= 4 is 58.8 Å². The molecule has 0 spiro atoms. The van der Waals surface area contributed by atoms with Gasteiger partial charge in [-0.05, 0) is 30.5 Å². The number of β-lactam (4-membered cyclic amide) rings is 1. The number of anilines is 2. The average Bonchev–Trinajstić information content (AvgIpc) is 3.95. The number of hydrogen-bond acceptors (Lipinski definition) is 10. The van der Waals surface area contributed by atoms with Gasteiger partial charge < -0.3 is 35.0 Å². The number of aliphatic carboxylic acids is 2. The van der Waals surface area contributed by atoms with E-state index in [1.807, 2.05) is 11.0 Å². The molecular formula is C34H34FN5O9S. The van der Waals surface area contributed by atoms with Gasteiger partial charge >= 0.3 is 18.0 Å². The molecule has 262 valence electrons. The van der Waals surface area contributed by atoms with Crippen LogP contribution in [0.2, 0.25) is 0 Å². The Balaban J connectivity index is 0.958. The number of nitrogens with one attached hydrogen (secondary N) is 1. The van der Waals surface area contributed by atoms with Gasteiger partial charge in [-0.25, -0.2) is 14.0 Å². The third-order valence-electron chi connectivity index (χ3n) is 9.64. The molecule has 3 amide bonds. The van der Waals surface area contributed by atoms with Crippen molar-refractivity contribution in [3.8, 4) is 0 Å². The van der Waals surface area contributed by atoms with Gasteiger partial charge in [0.2, 0.25) is 5.91 Å². The number of carbonyl (C=O) groups excluding carboxylic acids is 4. The zero-order valence-corrected chi connectivity index (χ0v) is 27.6. The maximum Gasteiger partial charge on any atom is 0.410 e. The molecule has 4 aliphatic heterocycles. The molecule has 4 heterocycles. The van der Waals surface area contributed by atoms with Crippen molar-refractivity contribution in [3.05, 3.63) is 70.7 Å². The highest BCUT2D eigenvalue weighted by Crippen LogP contribution is 2.42. The molecule has 14 nitrogen and oxygen atoms in total. The minimum Gasteiger partial charge on any atom is -0.481 e. The number of nitrogens with zero attached hydrogens (tertiary/aromatic N) is 4. The lowest BCUT2D eigenvalue weighted by atomic mass is 9.90. The Kier molecular flexibility index (Phi) is 8.88. The highest BCUT2D eigenvalue weighted by molar-refractivity contribution is 8.00. The molecule has 2 saturated heterocycles. The Hall–Kier alpha value is -5.12. The standard InChI is InChI=1S/C34H34FN5O9S/c35-23-13-21-24(39(20-6-7-20)15-22(29(21)42)32(44)45)14-25(23)37-8-10-38(11-9-37)34(48)49-16-19-17-50-31-27(30(43)40(31)28(19)33(46)47)36-26(41)12-18-4-2-1-3-5-18/h1-5,13-14,20,22,27,31H,6-12,15-17H2,(H,36,41)(H,44,45)(H,46,47)/t22?,27-,31-/m1/s1. The fourth-order valence-electron chi connectivity index (χ4n) is 6.89. The first-order valence-electron chi connectivity index (χ1n) is 16.3. The minimum atomic E-state index is -1.34. The number of carboxylic acids is 2. The second kappa shape index (κ2) is 13.3. The van der Waals surface area contributed by atoms with Crippen molar-refractivity contribution in [2.24, 2.45) is 5.92 Å². The van der Waals surface area contributed by atoms with Crippen LogP contribution >= 0.6 is 11.8 Å². The number of rotatable bonds is 9. The summed E-state index contributed by atoms with van der Waals surface area (Å²) in [6.45, 7) is 0.543. The largest absolute Gasteiger partial charge is 0.481 e. The normalized spacial score (nSPS) is 23.2. The molecule has 1 unspecified atom stereocenters. The molecule has 2 aromatic carbocycles. The summed E-state index contributed by atoms with van der Waals surface area (Å²) in [5.74, 6) is -5.83. The van der Waals surface area contributed by atoms with Crippen molar-refractivity contribution in [1.82, 2.24) is 15.1 Å². The minimum absolute atomic E-state index is 0.0353. The van der Waals surface area contributed by atoms with E-state index in [1.165, 1.54) is 16.7 Å². The summed E-state index contributed by atoms with van der Waals surface area (Å²) in [5, 5.41) is 21.6. The van der Waals surface area contributed by atoms with Crippen LogP contribution in [0.15, 0.2) is 53.7 Å². The second-order valence-corrected chi connectivity index (χ2v) is 14.0. The third kappa shape index (κ3) is 6.23. The summed E-state index contributed by atoms with van der Waals surface area (Å²) in [6.07, 6.45) is 1.11. The number of Topliss-reactive ketones (excluding diaryl/α,β-unsaturated/α-hetero) is 1. The monoisotopic (exact) mass is 707 g/mol. The number of carboxylic acid groups (broad SMARTS) is 2. The van der Waals surface area contributed by atoms with Crippen LogP contribution in [0.4, 0.5) is 20.6 Å². The van der Waals surface area contributed by atoms with Gasteiger partial charge in [-0.1, -0.05) is 30.3 Å². The molecule has 0 bridgehead atoms. The SMILES string of the molecule is O=C(Cc1ccccc1)N[C@@H]1C(=O)N2C(C(=O)O)=C(COC(=O)N3CCN(c4cc5c(cc4F)C(=O)C(C(=O)O)CN5C4CC4)CC3)CS[C@H]12. The molecule has 1 saturated carbocycles. The van der Waals surface area contributed by atoms with Gasteiger partial charge in [0.05, 0.1) is 17.8 Å². The van der Waals surface area contributed by atoms with Crippen LogP contribution in [-0.4, -0.2) is 118 Å². The Morgan fingerprint density at radius 3 is 2.36 bits per heavy atom. The van der Waals surface area contributed by atoms with E-state index in [0.717, 1.165) is 29.4 Å². The van der Waals surface area contributed by atoms with Crippen LogP contribution in [0.1, 0.15) is 28.8 Å². The van der Waals surface area contributed by atoms with Crippen LogP contribution in [0.3, 0.4) is 0 Å². The maximum absolute atomic E-state index is 15.4. The second-order valence-electron chi connectivity index (χ2n) is 12.9. The van der Waals surface area contributed by atoms with Crippen molar-refractivity contribution in [3.63, 3.8) is 0 Å². The summed E-state index contributed by atoms with van der Waals surface area (Å²) >= 11 is 1.27. The first-order chi connectivity index (χ1) is 24.0. The number of fused-ring (bicyclic) bond motifs is 2. The Morgan fingerprint density at radius 1 is 0.980 bits per heavy atom. The molecule has 50 heavy (non-hydrogen) atoms. The van der Waals surface area contributed by atoms with E-state index in [-0.39, 0.29) is 86.0 Å². The zero-order valence-electron chi connectivity index (χ0n) is 26.7. The van der Waals surface area contributed by atoms with E-state index < -0.39 is 52.9 Å². The number of ether oxygens (including phenoxy) is 1. The van der Waals surface area contributed by atoms with Gasteiger partial charge in [0.25, 0.3) is 5.91 Å². The first-order valence-corrected chi connectivity index (χ1v) is 17.3. The molecule has 3 fully saturated rings. The molecular weight excluding hydrogens is 673 g/mol. The molecule has 3 N–H and O–H groups in total. The Morgan fingerprint density at radius 2 is 1.70 bits per heavy atom. The molecule has 5 aliphatic rings. The van der Waals surface area contributed by atoms with Crippen molar-refractivity contribution in [2.45, 2.75) is 36.7 Å². The average molecular weight is 708 g/mol. The molecule has 7 rings (SSSR count). The lowest BCUT2D eigenvalue weighted by Gasteiger charge is -2.49. The lowest BCUT2D eigenvalue weighted by Crippen LogP contribution is -2.70. The number of thioether (sulfide) groups is 1. The van der Waals surface area contributed by atoms with Crippen molar-refractivity contribution in [1.29, 1.82) is 0 Å². The third-order valence-corrected chi connectivity index (χ3v) is 11.0. The molecule has 3 atom stereocenters. The van der Waals surface area contributed by atoms with E-state index >= 15 is 4.39 Å². The number of amides is 3. The zero-order chi connectivity index (χ0) is 35.3. The van der Waals surface area contributed by atoms with Gasteiger partial charge in [0.15, 0.2) is 5.78 Å². The Bertz CT molecular complexity index is 1810. The van der Waals surface area contributed by atoms with E-state index in [9.17, 15) is 39.0 Å². The molecule has 0 radical (unpaired) electrons. The van der Waals surface area contributed by atoms with Crippen molar-refractivity contribution < 1.29 is 48.1 Å². The highest BCUT2D eigenvalue weighted by Gasteiger charge is 2.54. The Labute approximate surface area is 289 Å². The predicted molar refractivity (Wildman–Crippen MR) is 177 cm³/mol.